The third-order valence-corrected chi connectivity index (χ3v) is 6.20. The number of rotatable bonds is 3. The van der Waals surface area contributed by atoms with E-state index in [1.807, 2.05) is 0 Å². The van der Waals surface area contributed by atoms with Crippen molar-refractivity contribution in [3.63, 3.8) is 0 Å². The zero-order valence-corrected chi connectivity index (χ0v) is 17.4. The molecule has 0 aliphatic carbocycles. The molecule has 2 aliphatic heterocycles. The first-order chi connectivity index (χ1) is 14.5. The van der Waals surface area contributed by atoms with Gasteiger partial charge >= 0.3 is 0 Å². The fourth-order valence-corrected chi connectivity index (χ4v) is 4.83. The summed E-state index contributed by atoms with van der Waals surface area (Å²) in [5.41, 5.74) is 5.10. The predicted molar refractivity (Wildman–Crippen MR) is 117 cm³/mol. The van der Waals surface area contributed by atoms with E-state index >= 15 is 0 Å². The SMILES string of the molecule is COc1ccc(NC(=O)c2cc3cc4c5c(c3oc2=N)CCCN5CCC4)cc1Cl. The topological polar surface area (TPSA) is 78.6 Å². The van der Waals surface area contributed by atoms with Gasteiger partial charge in [0.15, 0.2) is 0 Å². The van der Waals surface area contributed by atoms with Crippen LogP contribution in [0.25, 0.3) is 11.0 Å². The number of hydrogen-bond donors (Lipinski definition) is 2. The van der Waals surface area contributed by atoms with Crippen LogP contribution in [-0.4, -0.2) is 26.1 Å². The summed E-state index contributed by atoms with van der Waals surface area (Å²) in [5.74, 6) is 0.129. The molecule has 154 valence electrons. The molecule has 0 bridgehead atoms. The lowest BCUT2D eigenvalue weighted by Gasteiger charge is -2.37. The van der Waals surface area contributed by atoms with Crippen LogP contribution in [0.15, 0.2) is 34.7 Å². The van der Waals surface area contributed by atoms with E-state index in [9.17, 15) is 4.79 Å². The maximum absolute atomic E-state index is 12.9. The summed E-state index contributed by atoms with van der Waals surface area (Å²) in [4.78, 5) is 15.3. The van der Waals surface area contributed by atoms with Crippen molar-refractivity contribution in [3.8, 4) is 5.75 Å². The summed E-state index contributed by atoms with van der Waals surface area (Å²) in [5, 5.41) is 12.4. The molecule has 0 spiro atoms. The molecule has 2 N–H and O–H groups in total. The highest BCUT2D eigenvalue weighted by Gasteiger charge is 2.27. The van der Waals surface area contributed by atoms with Gasteiger partial charge in [-0.25, -0.2) is 0 Å². The van der Waals surface area contributed by atoms with Crippen molar-refractivity contribution >= 4 is 39.9 Å². The molecule has 2 aromatic carbocycles. The van der Waals surface area contributed by atoms with Crippen LogP contribution in [0.2, 0.25) is 5.02 Å². The van der Waals surface area contributed by atoms with E-state index in [1.54, 1.807) is 24.3 Å². The number of halogens is 1. The Hall–Kier alpha value is -2.99. The molecule has 30 heavy (non-hydrogen) atoms. The number of carbonyl (C=O) groups is 1. The lowest BCUT2D eigenvalue weighted by Crippen LogP contribution is -2.34. The van der Waals surface area contributed by atoms with Crippen LogP contribution in [0.4, 0.5) is 11.4 Å². The van der Waals surface area contributed by atoms with Crippen molar-refractivity contribution in [1.29, 1.82) is 5.41 Å². The average Bonchev–Trinajstić information content (AvgIpc) is 2.74. The van der Waals surface area contributed by atoms with Crippen LogP contribution in [0, 0.1) is 5.41 Å². The first-order valence-corrected chi connectivity index (χ1v) is 10.5. The summed E-state index contributed by atoms with van der Waals surface area (Å²) in [6.07, 6.45) is 4.18. The largest absolute Gasteiger partial charge is 0.495 e. The number of ether oxygens (including phenoxy) is 1. The third-order valence-electron chi connectivity index (χ3n) is 5.90. The molecule has 0 atom stereocenters. The zero-order valence-electron chi connectivity index (χ0n) is 16.7. The van der Waals surface area contributed by atoms with Crippen LogP contribution in [0.5, 0.6) is 5.75 Å². The predicted octanol–water partition coefficient (Wildman–Crippen LogP) is 4.53. The highest BCUT2D eigenvalue weighted by atomic mass is 35.5. The van der Waals surface area contributed by atoms with Gasteiger partial charge in [-0.15, -0.1) is 0 Å². The van der Waals surface area contributed by atoms with Gasteiger partial charge < -0.3 is 19.4 Å². The number of nitrogens with zero attached hydrogens (tertiary/aromatic N) is 1. The molecule has 3 aromatic rings. The Bertz CT molecular complexity index is 1230. The summed E-state index contributed by atoms with van der Waals surface area (Å²) in [6.45, 7) is 2.15. The van der Waals surface area contributed by atoms with Crippen LogP contribution >= 0.6 is 11.6 Å². The molecule has 0 saturated heterocycles. The molecule has 6 nitrogen and oxygen atoms in total. The number of anilines is 2. The molecule has 7 heteroatoms. The van der Waals surface area contributed by atoms with Gasteiger partial charge in [0.1, 0.15) is 16.9 Å². The molecule has 3 heterocycles. The third kappa shape index (κ3) is 3.12. The molecule has 2 aliphatic rings. The van der Waals surface area contributed by atoms with Crippen molar-refractivity contribution in [2.45, 2.75) is 25.7 Å². The van der Waals surface area contributed by atoms with Crippen molar-refractivity contribution < 1.29 is 13.9 Å². The standard InChI is InChI=1S/C23H22ClN3O3/c1-29-19-7-6-15(12-18(19)24)26-23(28)17-11-14-10-13-4-2-8-27-9-3-5-16(20(13)27)21(14)30-22(17)25/h6-7,10-12,25H,2-5,8-9H2,1H3,(H,26,28). The van der Waals surface area contributed by atoms with E-state index in [0.29, 0.717) is 16.5 Å². The zero-order chi connectivity index (χ0) is 20.8. The van der Waals surface area contributed by atoms with Gasteiger partial charge in [0, 0.05) is 35.4 Å². The second kappa shape index (κ2) is 7.36. The van der Waals surface area contributed by atoms with Crippen molar-refractivity contribution in [3.05, 3.63) is 57.6 Å². The number of hydrogen-bond acceptors (Lipinski definition) is 5. The first-order valence-electron chi connectivity index (χ1n) is 10.1. The van der Waals surface area contributed by atoms with Crippen LogP contribution in [0.1, 0.15) is 34.3 Å². The molecule has 0 radical (unpaired) electrons. The summed E-state index contributed by atoms with van der Waals surface area (Å²) in [7, 11) is 1.54. The fourth-order valence-electron chi connectivity index (χ4n) is 4.57. The molecule has 0 fully saturated rings. The highest BCUT2D eigenvalue weighted by molar-refractivity contribution is 6.32. The smallest absolute Gasteiger partial charge is 0.261 e. The normalized spacial score (nSPS) is 15.1. The van der Waals surface area contributed by atoms with Gasteiger partial charge in [-0.3, -0.25) is 10.2 Å². The Morgan fingerprint density at radius 3 is 2.77 bits per heavy atom. The van der Waals surface area contributed by atoms with E-state index < -0.39 is 5.91 Å². The number of fused-ring (bicyclic) bond motifs is 2. The summed E-state index contributed by atoms with van der Waals surface area (Å²) in [6, 6.07) is 8.91. The van der Waals surface area contributed by atoms with Gasteiger partial charge in [0.05, 0.1) is 12.1 Å². The number of aryl methyl sites for hydroxylation is 2. The fraction of sp³-hybridized carbons (Fsp3) is 0.304. The number of nitrogens with one attached hydrogen (secondary N) is 2. The quantitative estimate of drug-likeness (QED) is 0.649. The Morgan fingerprint density at radius 2 is 2.00 bits per heavy atom. The Kier molecular flexibility index (Phi) is 4.66. The minimum Gasteiger partial charge on any atom is -0.495 e. The number of benzene rings is 2. The molecule has 0 unspecified atom stereocenters. The number of methoxy groups -OCH3 is 1. The van der Waals surface area contributed by atoms with Crippen LogP contribution < -0.4 is 20.5 Å². The summed E-state index contributed by atoms with van der Waals surface area (Å²) >= 11 is 6.15. The van der Waals surface area contributed by atoms with Crippen molar-refractivity contribution in [1.82, 2.24) is 0 Å². The molecular formula is C23H22ClN3O3. The molecule has 1 amide bonds. The Morgan fingerprint density at radius 1 is 1.20 bits per heavy atom. The lowest BCUT2D eigenvalue weighted by molar-refractivity contribution is 0.102. The van der Waals surface area contributed by atoms with Gasteiger partial charge in [0.2, 0.25) is 5.55 Å². The first kappa shape index (κ1) is 19.0. The van der Waals surface area contributed by atoms with Crippen molar-refractivity contribution in [2.75, 3.05) is 30.4 Å². The van der Waals surface area contributed by atoms with Crippen LogP contribution in [0.3, 0.4) is 0 Å². The second-order valence-electron chi connectivity index (χ2n) is 7.77. The van der Waals surface area contributed by atoms with Gasteiger partial charge in [-0.05, 0) is 61.6 Å². The number of carbonyl (C=O) groups excluding carboxylic acids is 1. The van der Waals surface area contributed by atoms with E-state index in [2.05, 4.69) is 16.3 Å². The molecule has 5 rings (SSSR count). The van der Waals surface area contributed by atoms with E-state index in [-0.39, 0.29) is 11.1 Å². The summed E-state index contributed by atoms with van der Waals surface area (Å²) < 4.78 is 11.1. The van der Waals surface area contributed by atoms with Gasteiger partial charge in [0.25, 0.3) is 5.91 Å². The minimum atomic E-state index is -0.403. The minimum absolute atomic E-state index is 0.135. The Balaban J connectivity index is 1.55. The average molecular weight is 424 g/mol. The second-order valence-corrected chi connectivity index (χ2v) is 8.18. The Labute approximate surface area is 178 Å². The molecule has 0 saturated carbocycles. The van der Waals surface area contributed by atoms with Gasteiger partial charge in [-0.2, -0.15) is 0 Å². The monoisotopic (exact) mass is 423 g/mol. The number of amides is 1. The maximum atomic E-state index is 12.9. The van der Waals surface area contributed by atoms with E-state index in [4.69, 9.17) is 26.2 Å². The maximum Gasteiger partial charge on any atom is 0.261 e. The lowest BCUT2D eigenvalue weighted by atomic mass is 9.90. The van der Waals surface area contributed by atoms with Crippen molar-refractivity contribution in [2.24, 2.45) is 0 Å². The highest BCUT2D eigenvalue weighted by Crippen LogP contribution is 2.39. The van der Waals surface area contributed by atoms with Crippen LogP contribution in [-0.2, 0) is 12.8 Å². The molecule has 1 aromatic heterocycles. The molecular weight excluding hydrogens is 402 g/mol. The van der Waals surface area contributed by atoms with E-state index in [0.717, 1.165) is 49.7 Å². The van der Waals surface area contributed by atoms with E-state index in [1.165, 1.54) is 23.9 Å². The van der Waals surface area contributed by atoms with Gasteiger partial charge in [-0.1, -0.05) is 11.6 Å².